The second kappa shape index (κ2) is 10.5. The Labute approximate surface area is 290 Å². The van der Waals surface area contributed by atoms with Gasteiger partial charge in [0.25, 0.3) is 0 Å². The van der Waals surface area contributed by atoms with Crippen LogP contribution in [-0.4, -0.2) is 4.98 Å². The van der Waals surface area contributed by atoms with Crippen molar-refractivity contribution in [3.8, 4) is 11.5 Å². The average Bonchev–Trinajstić information content (AvgIpc) is 3.86. The highest BCUT2D eigenvalue weighted by atomic mass is 32.1. The first-order valence-corrected chi connectivity index (χ1v) is 17.5. The molecule has 50 heavy (non-hydrogen) atoms. The molecule has 0 amide bonds. The van der Waals surface area contributed by atoms with Crippen molar-refractivity contribution in [3.05, 3.63) is 158 Å². The molecule has 0 aliphatic rings. The molecular formula is C45H26N2O2S. The third-order valence-electron chi connectivity index (χ3n) is 9.82. The van der Waals surface area contributed by atoms with Crippen LogP contribution in [0.2, 0.25) is 0 Å². The minimum absolute atomic E-state index is 0.585. The number of oxazole rings is 1. The van der Waals surface area contributed by atoms with E-state index in [1.54, 1.807) is 0 Å². The van der Waals surface area contributed by atoms with Crippen LogP contribution < -0.4 is 4.90 Å². The summed E-state index contributed by atoms with van der Waals surface area (Å²) in [7, 11) is 0. The monoisotopic (exact) mass is 658 g/mol. The molecule has 3 aromatic heterocycles. The Balaban J connectivity index is 1.11. The van der Waals surface area contributed by atoms with E-state index in [4.69, 9.17) is 13.8 Å². The van der Waals surface area contributed by atoms with Gasteiger partial charge in [0.2, 0.25) is 5.89 Å². The lowest BCUT2D eigenvalue weighted by molar-refractivity contribution is 0.620. The summed E-state index contributed by atoms with van der Waals surface area (Å²) >= 11 is 1.85. The van der Waals surface area contributed by atoms with Crippen LogP contribution in [0.15, 0.2) is 167 Å². The average molecular weight is 659 g/mol. The molecule has 0 unspecified atom stereocenters. The van der Waals surface area contributed by atoms with E-state index in [0.29, 0.717) is 5.89 Å². The van der Waals surface area contributed by atoms with Crippen LogP contribution in [-0.2, 0) is 0 Å². The van der Waals surface area contributed by atoms with Crippen molar-refractivity contribution in [1.82, 2.24) is 4.98 Å². The zero-order valence-corrected chi connectivity index (χ0v) is 27.4. The number of anilines is 3. The minimum Gasteiger partial charge on any atom is -0.456 e. The van der Waals surface area contributed by atoms with E-state index in [9.17, 15) is 0 Å². The first kappa shape index (κ1) is 27.5. The highest BCUT2D eigenvalue weighted by molar-refractivity contribution is 7.26. The molecule has 3 heterocycles. The highest BCUT2D eigenvalue weighted by Gasteiger charge is 2.22. The van der Waals surface area contributed by atoms with Gasteiger partial charge >= 0.3 is 0 Å². The molecule has 0 saturated heterocycles. The molecule has 0 radical (unpaired) electrons. The molecule has 0 aliphatic heterocycles. The highest BCUT2D eigenvalue weighted by Crippen LogP contribution is 2.47. The molecule has 0 atom stereocenters. The molecule has 5 heteroatoms. The molecule has 234 valence electrons. The van der Waals surface area contributed by atoms with E-state index in [1.807, 2.05) is 35.6 Å². The van der Waals surface area contributed by atoms with Crippen LogP contribution in [0.25, 0.3) is 86.2 Å². The zero-order chi connectivity index (χ0) is 32.8. The predicted molar refractivity (Wildman–Crippen MR) is 209 cm³/mol. The molecule has 11 aromatic rings. The van der Waals surface area contributed by atoms with E-state index in [1.165, 1.54) is 30.9 Å². The lowest BCUT2D eigenvalue weighted by atomic mass is 10.0. The number of hydrogen-bond donors (Lipinski definition) is 0. The third-order valence-corrected chi connectivity index (χ3v) is 10.9. The fourth-order valence-corrected chi connectivity index (χ4v) is 8.70. The van der Waals surface area contributed by atoms with Gasteiger partial charge in [0.15, 0.2) is 5.58 Å². The smallest absolute Gasteiger partial charge is 0.228 e. The number of furan rings is 1. The van der Waals surface area contributed by atoms with Crippen molar-refractivity contribution in [1.29, 1.82) is 0 Å². The van der Waals surface area contributed by atoms with Gasteiger partial charge in [-0.3, -0.25) is 0 Å². The van der Waals surface area contributed by atoms with Gasteiger partial charge < -0.3 is 13.7 Å². The Bertz CT molecular complexity index is 3060. The minimum atomic E-state index is 0.585. The summed E-state index contributed by atoms with van der Waals surface area (Å²) in [5, 5.41) is 9.30. The second-order valence-electron chi connectivity index (χ2n) is 12.8. The van der Waals surface area contributed by atoms with Crippen LogP contribution in [0.1, 0.15) is 0 Å². The van der Waals surface area contributed by atoms with Gasteiger partial charge in [0.05, 0.1) is 5.69 Å². The summed E-state index contributed by atoms with van der Waals surface area (Å²) in [4.78, 5) is 7.30. The fraction of sp³-hybridized carbons (Fsp3) is 0. The van der Waals surface area contributed by atoms with Crippen molar-refractivity contribution in [2.24, 2.45) is 0 Å². The van der Waals surface area contributed by atoms with Gasteiger partial charge in [-0.05, 0) is 94.3 Å². The van der Waals surface area contributed by atoms with Crippen molar-refractivity contribution in [2.45, 2.75) is 0 Å². The molecule has 0 spiro atoms. The molecule has 0 fully saturated rings. The summed E-state index contributed by atoms with van der Waals surface area (Å²) < 4.78 is 15.6. The van der Waals surface area contributed by atoms with Gasteiger partial charge in [0, 0.05) is 53.9 Å². The van der Waals surface area contributed by atoms with Crippen LogP contribution in [0.4, 0.5) is 17.1 Å². The van der Waals surface area contributed by atoms with Crippen LogP contribution >= 0.6 is 11.3 Å². The Morgan fingerprint density at radius 1 is 0.460 bits per heavy atom. The first-order valence-electron chi connectivity index (χ1n) is 16.7. The number of hydrogen-bond acceptors (Lipinski definition) is 5. The van der Waals surface area contributed by atoms with Gasteiger partial charge in [-0.2, -0.15) is 0 Å². The molecule has 4 nitrogen and oxygen atoms in total. The van der Waals surface area contributed by atoms with Crippen molar-refractivity contribution in [3.63, 3.8) is 0 Å². The molecule has 8 aromatic carbocycles. The number of thiophene rings is 1. The number of para-hydroxylation sites is 1. The quantitative estimate of drug-likeness (QED) is 0.189. The summed E-state index contributed by atoms with van der Waals surface area (Å²) in [6.45, 7) is 0. The molecular weight excluding hydrogens is 633 g/mol. The van der Waals surface area contributed by atoms with Gasteiger partial charge in [-0.1, -0.05) is 78.9 Å². The number of nitrogens with zero attached hydrogens (tertiary/aromatic N) is 2. The summed E-state index contributed by atoms with van der Waals surface area (Å²) in [5.74, 6) is 0.585. The van der Waals surface area contributed by atoms with E-state index in [2.05, 4.69) is 138 Å². The van der Waals surface area contributed by atoms with E-state index < -0.39 is 0 Å². The summed E-state index contributed by atoms with van der Waals surface area (Å²) in [6.07, 6.45) is 0. The number of rotatable bonds is 4. The standard InChI is InChI=1S/C45H26N2O2S/c1-2-14-31(15-3-1)47(37-17-9-19-41-44(37)35-22-27-10-4-7-13-30(27)25-42(35)50-41)32-20-21-33-39(26-32)48-38-18-8-16-34(43(33)38)45-46-36-23-28-11-5-6-12-29(28)24-40(36)49-45/h1-26H. The third kappa shape index (κ3) is 4.14. The maximum Gasteiger partial charge on any atom is 0.228 e. The van der Waals surface area contributed by atoms with Crippen LogP contribution in [0.3, 0.4) is 0 Å². The number of fused-ring (bicyclic) bond motifs is 9. The Morgan fingerprint density at radius 3 is 2.04 bits per heavy atom. The lowest BCUT2D eigenvalue weighted by Gasteiger charge is -2.26. The molecule has 0 bridgehead atoms. The van der Waals surface area contributed by atoms with Gasteiger partial charge in [-0.15, -0.1) is 11.3 Å². The normalized spacial score (nSPS) is 12.0. The van der Waals surface area contributed by atoms with E-state index in [0.717, 1.165) is 66.4 Å². The van der Waals surface area contributed by atoms with Crippen molar-refractivity contribution >= 4 is 103 Å². The maximum atomic E-state index is 6.61. The largest absolute Gasteiger partial charge is 0.456 e. The molecule has 0 N–H and O–H groups in total. The fourth-order valence-electron chi connectivity index (χ4n) is 7.54. The van der Waals surface area contributed by atoms with E-state index >= 15 is 0 Å². The van der Waals surface area contributed by atoms with E-state index in [-0.39, 0.29) is 0 Å². The predicted octanol–water partition coefficient (Wildman–Crippen LogP) is 13.5. The summed E-state index contributed by atoms with van der Waals surface area (Å²) in [5.41, 5.74) is 7.36. The van der Waals surface area contributed by atoms with Crippen molar-refractivity contribution in [2.75, 3.05) is 4.90 Å². The first-order chi connectivity index (χ1) is 24.7. The van der Waals surface area contributed by atoms with Crippen LogP contribution in [0.5, 0.6) is 0 Å². The lowest BCUT2D eigenvalue weighted by Crippen LogP contribution is -2.10. The number of aromatic nitrogens is 1. The summed E-state index contributed by atoms with van der Waals surface area (Å²) in [6, 6.07) is 55.6. The Morgan fingerprint density at radius 2 is 1.20 bits per heavy atom. The molecule has 11 rings (SSSR count). The second-order valence-corrected chi connectivity index (χ2v) is 13.8. The Kier molecular flexibility index (Phi) is 5.80. The molecule has 0 saturated carbocycles. The van der Waals surface area contributed by atoms with Crippen molar-refractivity contribution < 1.29 is 8.83 Å². The molecule has 0 aliphatic carbocycles. The number of benzene rings is 8. The maximum absolute atomic E-state index is 6.61. The topological polar surface area (TPSA) is 42.4 Å². The SMILES string of the molecule is c1ccc(N(c2ccc3c(c2)oc2cccc(-c4nc5cc6ccccc6cc5o4)c23)c2cccc3sc4cc5ccccc5cc4c23)cc1. The van der Waals surface area contributed by atoms with Gasteiger partial charge in [0.1, 0.15) is 16.7 Å². The van der Waals surface area contributed by atoms with Gasteiger partial charge in [-0.25, -0.2) is 4.98 Å². The van der Waals surface area contributed by atoms with Crippen LogP contribution in [0, 0.1) is 0 Å². The zero-order valence-electron chi connectivity index (χ0n) is 26.6. The Hall–Kier alpha value is -6.43.